The van der Waals surface area contributed by atoms with Gasteiger partial charge >= 0.3 is 5.97 Å². The van der Waals surface area contributed by atoms with Gasteiger partial charge in [-0.2, -0.15) is 5.26 Å². The molecule has 0 amide bonds. The maximum atomic E-state index is 11.8. The zero-order valence-electron chi connectivity index (χ0n) is 9.01. The number of hydrogen-bond acceptors (Lipinski definition) is 3. The third kappa shape index (κ3) is 1.65. The number of nitrogens with zero attached hydrogens (tertiary/aromatic N) is 1. The minimum absolute atomic E-state index is 0.0973. The Balaban J connectivity index is 2.12. The predicted octanol–water partition coefficient (Wildman–Crippen LogP) is 1.90. The van der Waals surface area contributed by atoms with Crippen LogP contribution in [0.1, 0.15) is 20.3 Å². The van der Waals surface area contributed by atoms with Crippen LogP contribution in [0.3, 0.4) is 0 Å². The number of rotatable bonds is 2. The highest BCUT2D eigenvalue weighted by atomic mass is 16.5. The highest BCUT2D eigenvalue weighted by molar-refractivity contribution is 5.75. The molecule has 2 aliphatic carbocycles. The largest absolute Gasteiger partial charge is 0.463 e. The van der Waals surface area contributed by atoms with Gasteiger partial charge in [-0.05, 0) is 32.1 Å². The molecule has 1 saturated carbocycles. The van der Waals surface area contributed by atoms with Crippen LogP contribution in [0.15, 0.2) is 12.2 Å². The van der Waals surface area contributed by atoms with Gasteiger partial charge in [0.05, 0.1) is 24.0 Å². The van der Waals surface area contributed by atoms with E-state index in [0.29, 0.717) is 0 Å². The Labute approximate surface area is 89.7 Å². The summed E-state index contributed by atoms with van der Waals surface area (Å²) in [6, 6.07) is 2.25. The molecular formula is C12H15NO2. The summed E-state index contributed by atoms with van der Waals surface area (Å²) in [7, 11) is 0. The lowest BCUT2D eigenvalue weighted by Crippen LogP contribution is -2.30. The summed E-state index contributed by atoms with van der Waals surface area (Å²) >= 11 is 0. The molecule has 0 aromatic carbocycles. The van der Waals surface area contributed by atoms with Crippen molar-refractivity contribution < 1.29 is 9.53 Å². The second-order valence-corrected chi connectivity index (χ2v) is 4.61. The van der Waals surface area contributed by atoms with Gasteiger partial charge in [0.1, 0.15) is 0 Å². The van der Waals surface area contributed by atoms with Crippen molar-refractivity contribution in [2.75, 3.05) is 0 Å². The molecule has 0 saturated heterocycles. The fraction of sp³-hybridized carbons (Fsp3) is 0.667. The second kappa shape index (κ2) is 3.69. The van der Waals surface area contributed by atoms with Crippen molar-refractivity contribution >= 4 is 5.97 Å². The molecule has 0 spiro atoms. The van der Waals surface area contributed by atoms with Crippen LogP contribution in [-0.4, -0.2) is 12.1 Å². The summed E-state index contributed by atoms with van der Waals surface area (Å²) < 4.78 is 5.19. The summed E-state index contributed by atoms with van der Waals surface area (Å²) in [5.74, 6) is -0.109. The second-order valence-electron chi connectivity index (χ2n) is 4.61. The smallest absolute Gasteiger partial charge is 0.311 e. The van der Waals surface area contributed by atoms with Crippen LogP contribution in [0, 0.1) is 35.0 Å². The van der Waals surface area contributed by atoms with E-state index in [1.54, 1.807) is 0 Å². The van der Waals surface area contributed by atoms with Crippen LogP contribution in [0.2, 0.25) is 0 Å². The van der Waals surface area contributed by atoms with E-state index in [0.717, 1.165) is 6.42 Å². The van der Waals surface area contributed by atoms with E-state index in [9.17, 15) is 4.79 Å². The lowest BCUT2D eigenvalue weighted by Gasteiger charge is -2.22. The van der Waals surface area contributed by atoms with Crippen molar-refractivity contribution in [3.8, 4) is 6.07 Å². The monoisotopic (exact) mass is 205 g/mol. The maximum Gasteiger partial charge on any atom is 0.311 e. The molecule has 80 valence electrons. The average Bonchev–Trinajstić information content (AvgIpc) is 2.74. The highest BCUT2D eigenvalue weighted by Crippen LogP contribution is 2.48. The first-order chi connectivity index (χ1) is 7.13. The van der Waals surface area contributed by atoms with E-state index in [2.05, 4.69) is 18.2 Å². The minimum Gasteiger partial charge on any atom is -0.463 e. The molecule has 0 heterocycles. The zero-order valence-corrected chi connectivity index (χ0v) is 9.01. The molecule has 0 N–H and O–H groups in total. The molecule has 2 rings (SSSR count). The molecule has 0 unspecified atom stereocenters. The number of nitriles is 1. The van der Waals surface area contributed by atoms with Crippen molar-refractivity contribution in [1.29, 1.82) is 5.26 Å². The third-order valence-corrected chi connectivity index (χ3v) is 3.23. The minimum atomic E-state index is -0.229. The van der Waals surface area contributed by atoms with Gasteiger partial charge in [-0.25, -0.2) is 0 Å². The Morgan fingerprint density at radius 3 is 2.73 bits per heavy atom. The third-order valence-electron chi connectivity index (χ3n) is 3.23. The molecule has 2 bridgehead atoms. The normalized spacial score (nSPS) is 36.9. The van der Waals surface area contributed by atoms with Gasteiger partial charge < -0.3 is 4.74 Å². The molecule has 2 aliphatic rings. The van der Waals surface area contributed by atoms with E-state index in [4.69, 9.17) is 10.00 Å². The Bertz CT molecular complexity index is 340. The first kappa shape index (κ1) is 10.2. The number of allylic oxidation sites excluding steroid dienone is 2. The highest BCUT2D eigenvalue weighted by Gasteiger charge is 2.49. The van der Waals surface area contributed by atoms with Crippen molar-refractivity contribution in [1.82, 2.24) is 0 Å². The van der Waals surface area contributed by atoms with Gasteiger partial charge in [0.25, 0.3) is 0 Å². The van der Waals surface area contributed by atoms with Crippen LogP contribution in [0.4, 0.5) is 0 Å². The van der Waals surface area contributed by atoms with E-state index in [1.807, 2.05) is 13.8 Å². The molecule has 0 radical (unpaired) electrons. The molecule has 3 heteroatoms. The van der Waals surface area contributed by atoms with Crippen LogP contribution >= 0.6 is 0 Å². The summed E-state index contributed by atoms with van der Waals surface area (Å²) in [6.45, 7) is 3.67. The molecule has 1 fully saturated rings. The Kier molecular flexibility index (Phi) is 2.52. The molecule has 0 aromatic heterocycles. The number of carbonyl (C=O) groups is 1. The predicted molar refractivity (Wildman–Crippen MR) is 54.6 cm³/mol. The van der Waals surface area contributed by atoms with Gasteiger partial charge in [0.15, 0.2) is 0 Å². The van der Waals surface area contributed by atoms with Crippen molar-refractivity contribution in [3.05, 3.63) is 12.2 Å². The van der Waals surface area contributed by atoms with Crippen molar-refractivity contribution in [3.63, 3.8) is 0 Å². The molecule has 0 aromatic rings. The lowest BCUT2D eigenvalue weighted by atomic mass is 9.84. The maximum absolute atomic E-state index is 11.8. The number of hydrogen-bond donors (Lipinski definition) is 0. The Morgan fingerprint density at radius 2 is 2.13 bits per heavy atom. The quantitative estimate of drug-likeness (QED) is 0.511. The molecule has 15 heavy (non-hydrogen) atoms. The van der Waals surface area contributed by atoms with Crippen molar-refractivity contribution in [2.24, 2.45) is 23.7 Å². The Hall–Kier alpha value is -1.30. The Morgan fingerprint density at radius 1 is 1.47 bits per heavy atom. The van der Waals surface area contributed by atoms with Gasteiger partial charge in [0, 0.05) is 0 Å². The summed E-state index contributed by atoms with van der Waals surface area (Å²) in [4.78, 5) is 11.8. The zero-order chi connectivity index (χ0) is 11.0. The van der Waals surface area contributed by atoms with Gasteiger partial charge in [-0.3, -0.25) is 4.79 Å². The lowest BCUT2D eigenvalue weighted by molar-refractivity contribution is -0.154. The molecule has 0 aliphatic heterocycles. The number of ether oxygens (including phenoxy) is 1. The fourth-order valence-electron chi connectivity index (χ4n) is 2.63. The topological polar surface area (TPSA) is 50.1 Å². The van der Waals surface area contributed by atoms with Crippen molar-refractivity contribution in [2.45, 2.75) is 26.4 Å². The summed E-state index contributed by atoms with van der Waals surface area (Å²) in [5.41, 5.74) is 0. The van der Waals surface area contributed by atoms with Crippen LogP contribution in [0.25, 0.3) is 0 Å². The van der Waals surface area contributed by atoms with Gasteiger partial charge in [0.2, 0.25) is 0 Å². The summed E-state index contributed by atoms with van der Waals surface area (Å²) in [5, 5.41) is 9.05. The van der Waals surface area contributed by atoms with E-state index < -0.39 is 0 Å². The summed E-state index contributed by atoms with van der Waals surface area (Å²) in [6.07, 6.45) is 4.97. The molecule has 3 nitrogen and oxygen atoms in total. The van der Waals surface area contributed by atoms with Crippen LogP contribution < -0.4 is 0 Å². The first-order valence-electron chi connectivity index (χ1n) is 5.42. The fourth-order valence-corrected chi connectivity index (χ4v) is 2.63. The first-order valence-corrected chi connectivity index (χ1v) is 5.42. The van der Waals surface area contributed by atoms with Crippen LogP contribution in [0.5, 0.6) is 0 Å². The number of carbonyl (C=O) groups excluding carboxylic acids is 1. The van der Waals surface area contributed by atoms with Crippen LogP contribution in [-0.2, 0) is 9.53 Å². The molecule has 4 atom stereocenters. The van der Waals surface area contributed by atoms with E-state index in [-0.39, 0.29) is 35.7 Å². The van der Waals surface area contributed by atoms with Gasteiger partial charge in [-0.1, -0.05) is 12.2 Å². The van der Waals surface area contributed by atoms with E-state index in [1.165, 1.54) is 0 Å². The standard InChI is InChI=1S/C12H15NO2/c1-7(2)15-12(14)11-9-4-3-8(5-9)10(11)6-13/h3-4,7-11H,5H2,1-2H3/t8-,9+,10+,11-/m1/s1. The average molecular weight is 205 g/mol. The number of esters is 1. The van der Waals surface area contributed by atoms with Gasteiger partial charge in [-0.15, -0.1) is 0 Å². The number of fused-ring (bicyclic) bond motifs is 2. The van der Waals surface area contributed by atoms with E-state index >= 15 is 0 Å². The SMILES string of the molecule is CC(C)OC(=O)[C@H]1[C@@H](C#N)[C@@H]2C=C[C@H]1C2. The molecular weight excluding hydrogens is 190 g/mol.